The van der Waals surface area contributed by atoms with Gasteiger partial charge in [0.2, 0.25) is 0 Å². The van der Waals surface area contributed by atoms with Crippen LogP contribution in [-0.4, -0.2) is 22.1 Å². The van der Waals surface area contributed by atoms with E-state index in [0.29, 0.717) is 6.04 Å². The van der Waals surface area contributed by atoms with Crippen molar-refractivity contribution in [3.05, 3.63) is 17.2 Å². The zero-order chi connectivity index (χ0) is 8.84. The van der Waals surface area contributed by atoms with E-state index in [4.69, 9.17) is 5.73 Å². The summed E-state index contributed by atoms with van der Waals surface area (Å²) in [6.07, 6.45) is 2.06. The van der Waals surface area contributed by atoms with Gasteiger partial charge in [-0.2, -0.15) is 0 Å². The van der Waals surface area contributed by atoms with Crippen LogP contribution in [0.15, 0.2) is 0 Å². The van der Waals surface area contributed by atoms with Gasteiger partial charge in [0.25, 0.3) is 0 Å². The first kappa shape index (κ1) is 7.53. The molecule has 13 heavy (non-hydrogen) atoms. The third-order valence-corrected chi connectivity index (χ3v) is 2.93. The molecule has 0 spiro atoms. The topological polar surface area (TPSA) is 55.9 Å². The Labute approximate surface area is 77.1 Å². The van der Waals surface area contributed by atoms with Gasteiger partial charge in [-0.1, -0.05) is 0 Å². The van der Waals surface area contributed by atoms with E-state index in [0.717, 1.165) is 32.5 Å². The Kier molecular flexibility index (Phi) is 1.48. The van der Waals surface area contributed by atoms with Crippen LogP contribution in [0.5, 0.6) is 0 Å². The van der Waals surface area contributed by atoms with Crippen molar-refractivity contribution < 1.29 is 0 Å². The summed E-state index contributed by atoms with van der Waals surface area (Å²) in [4.78, 5) is 4.60. The second-order valence-electron chi connectivity index (χ2n) is 3.92. The highest BCUT2D eigenvalue weighted by atomic mass is 15.2. The summed E-state index contributed by atoms with van der Waals surface area (Å²) >= 11 is 0. The normalized spacial score (nSPS) is 25.8. The fourth-order valence-corrected chi connectivity index (χ4v) is 2.33. The quantitative estimate of drug-likeness (QED) is 0.558. The minimum absolute atomic E-state index is 0.294. The molecule has 0 saturated heterocycles. The standard InChI is InChI=1S/C9H14N4/c10-6-3-9-12-7-4-11-2-1-8(7)13(9)5-6/h6,11H,1-5,10H2. The van der Waals surface area contributed by atoms with Crippen LogP contribution < -0.4 is 11.1 Å². The Morgan fingerprint density at radius 2 is 2.46 bits per heavy atom. The maximum absolute atomic E-state index is 5.89. The number of hydrogen-bond donors (Lipinski definition) is 2. The SMILES string of the molecule is NC1Cc2nc3c(n2C1)CCNC3. The molecule has 2 aliphatic rings. The molecule has 0 bridgehead atoms. The van der Waals surface area contributed by atoms with E-state index in [1.807, 2.05) is 0 Å². The van der Waals surface area contributed by atoms with Crippen molar-refractivity contribution in [2.75, 3.05) is 6.54 Å². The summed E-state index contributed by atoms with van der Waals surface area (Å²) in [5.74, 6) is 1.20. The second kappa shape index (κ2) is 2.56. The average molecular weight is 178 g/mol. The molecule has 3 N–H and O–H groups in total. The van der Waals surface area contributed by atoms with E-state index in [1.54, 1.807) is 0 Å². The molecule has 1 aromatic rings. The Morgan fingerprint density at radius 3 is 3.38 bits per heavy atom. The lowest BCUT2D eigenvalue weighted by Gasteiger charge is -2.14. The van der Waals surface area contributed by atoms with Crippen LogP contribution in [0.4, 0.5) is 0 Å². The van der Waals surface area contributed by atoms with E-state index in [1.165, 1.54) is 17.2 Å². The molecule has 4 nitrogen and oxygen atoms in total. The molecule has 0 aromatic carbocycles. The molecule has 1 unspecified atom stereocenters. The monoisotopic (exact) mass is 178 g/mol. The molecule has 3 rings (SSSR count). The van der Waals surface area contributed by atoms with Crippen LogP contribution in [0.25, 0.3) is 0 Å². The first-order valence-corrected chi connectivity index (χ1v) is 4.88. The van der Waals surface area contributed by atoms with Gasteiger partial charge in [0, 0.05) is 44.2 Å². The van der Waals surface area contributed by atoms with Crippen LogP contribution in [0.2, 0.25) is 0 Å². The molecule has 2 aliphatic heterocycles. The van der Waals surface area contributed by atoms with Crippen LogP contribution in [-0.2, 0) is 25.9 Å². The van der Waals surface area contributed by atoms with Crippen molar-refractivity contribution in [3.63, 3.8) is 0 Å². The molecule has 0 amide bonds. The average Bonchev–Trinajstić information content (AvgIpc) is 2.60. The highest BCUT2D eigenvalue weighted by Crippen LogP contribution is 2.21. The number of nitrogens with zero attached hydrogens (tertiary/aromatic N) is 2. The number of aromatic nitrogens is 2. The first-order valence-electron chi connectivity index (χ1n) is 4.88. The summed E-state index contributed by atoms with van der Waals surface area (Å²) in [6, 6.07) is 0.294. The van der Waals surface area contributed by atoms with Crippen molar-refractivity contribution in [1.29, 1.82) is 0 Å². The van der Waals surface area contributed by atoms with E-state index in [9.17, 15) is 0 Å². The molecule has 0 aliphatic carbocycles. The lowest BCUT2D eigenvalue weighted by atomic mass is 10.2. The summed E-state index contributed by atoms with van der Waals surface area (Å²) in [5.41, 5.74) is 8.55. The fraction of sp³-hybridized carbons (Fsp3) is 0.667. The predicted molar refractivity (Wildman–Crippen MR) is 49.3 cm³/mol. The molecule has 1 atom stereocenters. The molecule has 3 heterocycles. The molecular formula is C9H14N4. The Balaban J connectivity index is 2.07. The van der Waals surface area contributed by atoms with Gasteiger partial charge in [-0.3, -0.25) is 0 Å². The van der Waals surface area contributed by atoms with Crippen LogP contribution in [0.3, 0.4) is 0 Å². The van der Waals surface area contributed by atoms with Gasteiger partial charge < -0.3 is 15.6 Å². The van der Waals surface area contributed by atoms with Crippen molar-refractivity contribution in [3.8, 4) is 0 Å². The third kappa shape index (κ3) is 1.02. The fourth-order valence-electron chi connectivity index (χ4n) is 2.33. The number of imidazole rings is 1. The van der Waals surface area contributed by atoms with Crippen LogP contribution >= 0.6 is 0 Å². The number of fused-ring (bicyclic) bond motifs is 3. The molecule has 4 heteroatoms. The molecule has 0 fully saturated rings. The maximum atomic E-state index is 5.89. The van der Waals surface area contributed by atoms with E-state index < -0.39 is 0 Å². The number of nitrogens with one attached hydrogen (secondary N) is 1. The van der Waals surface area contributed by atoms with Gasteiger partial charge in [0.15, 0.2) is 0 Å². The van der Waals surface area contributed by atoms with E-state index in [2.05, 4.69) is 14.9 Å². The molecule has 70 valence electrons. The van der Waals surface area contributed by atoms with Gasteiger partial charge in [-0.15, -0.1) is 0 Å². The van der Waals surface area contributed by atoms with Crippen molar-refractivity contribution >= 4 is 0 Å². The predicted octanol–water partition coefficient (Wildman–Crippen LogP) is -0.588. The lowest BCUT2D eigenvalue weighted by Crippen LogP contribution is -2.27. The number of hydrogen-bond acceptors (Lipinski definition) is 3. The van der Waals surface area contributed by atoms with Crippen molar-refractivity contribution in [2.45, 2.75) is 32.0 Å². The molecule has 0 radical (unpaired) electrons. The smallest absolute Gasteiger partial charge is 0.110 e. The number of nitrogens with two attached hydrogens (primary N) is 1. The Bertz CT molecular complexity index is 342. The Morgan fingerprint density at radius 1 is 1.54 bits per heavy atom. The summed E-state index contributed by atoms with van der Waals surface area (Å²) in [7, 11) is 0. The van der Waals surface area contributed by atoms with Crippen molar-refractivity contribution in [2.24, 2.45) is 5.73 Å². The maximum Gasteiger partial charge on any atom is 0.110 e. The second-order valence-corrected chi connectivity index (χ2v) is 3.92. The van der Waals surface area contributed by atoms with Gasteiger partial charge in [-0.05, 0) is 0 Å². The zero-order valence-electron chi connectivity index (χ0n) is 7.58. The van der Waals surface area contributed by atoms with Gasteiger partial charge in [0.05, 0.1) is 5.69 Å². The zero-order valence-corrected chi connectivity index (χ0v) is 7.58. The van der Waals surface area contributed by atoms with Crippen molar-refractivity contribution in [1.82, 2.24) is 14.9 Å². The van der Waals surface area contributed by atoms with Gasteiger partial charge in [-0.25, -0.2) is 4.98 Å². The molecular weight excluding hydrogens is 164 g/mol. The highest BCUT2D eigenvalue weighted by molar-refractivity contribution is 5.23. The Hall–Kier alpha value is -0.870. The number of rotatable bonds is 0. The summed E-state index contributed by atoms with van der Waals surface area (Å²) in [5, 5.41) is 3.33. The molecule has 1 aromatic heterocycles. The summed E-state index contributed by atoms with van der Waals surface area (Å²) < 4.78 is 2.32. The van der Waals surface area contributed by atoms with E-state index >= 15 is 0 Å². The first-order chi connectivity index (χ1) is 6.34. The van der Waals surface area contributed by atoms with Gasteiger partial charge >= 0.3 is 0 Å². The largest absolute Gasteiger partial charge is 0.330 e. The van der Waals surface area contributed by atoms with Gasteiger partial charge in [0.1, 0.15) is 5.82 Å². The highest BCUT2D eigenvalue weighted by Gasteiger charge is 2.26. The lowest BCUT2D eigenvalue weighted by molar-refractivity contribution is 0.571. The van der Waals surface area contributed by atoms with E-state index in [-0.39, 0.29) is 0 Å². The van der Waals surface area contributed by atoms with Crippen LogP contribution in [0.1, 0.15) is 17.2 Å². The minimum Gasteiger partial charge on any atom is -0.330 e. The van der Waals surface area contributed by atoms with Crippen LogP contribution in [0, 0.1) is 0 Å². The summed E-state index contributed by atoms with van der Waals surface area (Å²) in [6.45, 7) is 2.98. The molecule has 0 saturated carbocycles. The minimum atomic E-state index is 0.294. The third-order valence-electron chi connectivity index (χ3n) is 2.93.